The number of anilines is 3. The molecule has 4 rings (SSSR count). The predicted octanol–water partition coefficient (Wildman–Crippen LogP) is 5.86. The van der Waals surface area contributed by atoms with Gasteiger partial charge in [-0.3, -0.25) is 4.31 Å². The van der Waals surface area contributed by atoms with E-state index in [2.05, 4.69) is 10.3 Å². The number of halogens is 2. The summed E-state index contributed by atoms with van der Waals surface area (Å²) < 4.78 is 45.6. The number of sulfonamides is 1. The van der Waals surface area contributed by atoms with Crippen LogP contribution in [0, 0.1) is 5.82 Å². The Bertz CT molecular complexity index is 1450. The van der Waals surface area contributed by atoms with Gasteiger partial charge in [0.15, 0.2) is 5.13 Å². The molecule has 0 bridgehead atoms. The molecule has 0 aliphatic heterocycles. The summed E-state index contributed by atoms with van der Waals surface area (Å²) in [6, 6.07) is 18.3. The first-order valence-electron chi connectivity index (χ1n) is 10.2. The fourth-order valence-electron chi connectivity index (χ4n) is 3.06. The number of para-hydroxylation sites is 1. The first-order valence-corrected chi connectivity index (χ1v) is 12.9. The van der Waals surface area contributed by atoms with Crippen molar-refractivity contribution in [1.82, 2.24) is 4.98 Å². The van der Waals surface area contributed by atoms with Crippen molar-refractivity contribution in [2.45, 2.75) is 11.5 Å². The third kappa shape index (κ3) is 5.79. The van der Waals surface area contributed by atoms with Crippen molar-refractivity contribution in [3.8, 4) is 0 Å². The van der Waals surface area contributed by atoms with Gasteiger partial charge in [0, 0.05) is 18.1 Å². The van der Waals surface area contributed by atoms with E-state index in [-0.39, 0.29) is 27.8 Å². The van der Waals surface area contributed by atoms with E-state index >= 15 is 0 Å². The molecule has 0 amide bonds. The fourth-order valence-corrected chi connectivity index (χ4v) is 5.19. The molecule has 1 heterocycles. The highest BCUT2D eigenvalue weighted by Gasteiger charge is 2.24. The molecule has 0 spiro atoms. The van der Waals surface area contributed by atoms with Gasteiger partial charge in [-0.2, -0.15) is 0 Å². The van der Waals surface area contributed by atoms with Crippen molar-refractivity contribution in [3.05, 3.63) is 100 Å². The Balaban J connectivity index is 1.46. The molecule has 1 aromatic heterocycles. The average Bonchev–Trinajstić information content (AvgIpc) is 3.30. The zero-order valence-corrected chi connectivity index (χ0v) is 20.7. The summed E-state index contributed by atoms with van der Waals surface area (Å²) in [4.78, 5) is 16.9. The number of esters is 1. The molecular formula is C24H19ClFN3O4S2. The molecule has 0 fully saturated rings. The number of carbonyl (C=O) groups is 1. The summed E-state index contributed by atoms with van der Waals surface area (Å²) >= 11 is 7.51. The summed E-state index contributed by atoms with van der Waals surface area (Å²) in [5.41, 5.74) is 1.56. The number of rotatable bonds is 8. The van der Waals surface area contributed by atoms with Crippen molar-refractivity contribution >= 4 is 55.4 Å². The summed E-state index contributed by atoms with van der Waals surface area (Å²) in [6.07, 6.45) is 0. The Hall–Kier alpha value is -3.47. The van der Waals surface area contributed by atoms with E-state index in [4.69, 9.17) is 16.3 Å². The van der Waals surface area contributed by atoms with E-state index in [9.17, 15) is 17.6 Å². The molecule has 0 atom stereocenters. The second-order valence-electron chi connectivity index (χ2n) is 7.30. The smallest absolute Gasteiger partial charge is 0.340 e. The van der Waals surface area contributed by atoms with E-state index in [1.54, 1.807) is 5.38 Å². The van der Waals surface area contributed by atoms with Crippen LogP contribution in [0.3, 0.4) is 0 Å². The van der Waals surface area contributed by atoms with Gasteiger partial charge in [0.05, 0.1) is 26.9 Å². The quantitative estimate of drug-likeness (QED) is 0.286. The number of benzene rings is 3. The number of hydrogen-bond donors (Lipinski definition) is 1. The Morgan fingerprint density at radius 2 is 1.83 bits per heavy atom. The van der Waals surface area contributed by atoms with Gasteiger partial charge in [0.1, 0.15) is 12.4 Å². The van der Waals surface area contributed by atoms with E-state index in [1.165, 1.54) is 42.6 Å². The zero-order valence-electron chi connectivity index (χ0n) is 18.3. The number of nitrogens with one attached hydrogen (secondary N) is 1. The largest absolute Gasteiger partial charge is 0.456 e. The standard InChI is InChI=1S/C24H19ClFN3O4S2/c1-29(19-9-7-16(26)8-10-19)35(31,32)20-11-12-22(25)21(13-20)23(30)33-14-18-15-34-24(28-18)27-17-5-3-2-4-6-17/h2-13,15H,14H2,1H3,(H,27,28). The van der Waals surface area contributed by atoms with Crippen LogP contribution in [0.4, 0.5) is 20.9 Å². The van der Waals surface area contributed by atoms with Crippen LogP contribution in [0.5, 0.6) is 0 Å². The molecule has 0 radical (unpaired) electrons. The monoisotopic (exact) mass is 531 g/mol. The molecule has 0 saturated heterocycles. The van der Waals surface area contributed by atoms with Crippen molar-refractivity contribution in [1.29, 1.82) is 0 Å². The van der Waals surface area contributed by atoms with Gasteiger partial charge < -0.3 is 10.1 Å². The van der Waals surface area contributed by atoms with Crippen LogP contribution in [0.25, 0.3) is 0 Å². The van der Waals surface area contributed by atoms with E-state index < -0.39 is 21.8 Å². The number of hydrogen-bond acceptors (Lipinski definition) is 7. The maximum absolute atomic E-state index is 13.2. The van der Waals surface area contributed by atoms with Gasteiger partial charge in [-0.1, -0.05) is 29.8 Å². The van der Waals surface area contributed by atoms with Crippen molar-refractivity contribution in [2.24, 2.45) is 0 Å². The third-order valence-corrected chi connectivity index (χ3v) is 7.85. The topological polar surface area (TPSA) is 88.6 Å². The first-order chi connectivity index (χ1) is 16.7. The van der Waals surface area contributed by atoms with Crippen LogP contribution in [0.2, 0.25) is 5.02 Å². The molecule has 180 valence electrons. The molecule has 0 unspecified atom stereocenters. The fraction of sp³-hybridized carbons (Fsp3) is 0.0833. The minimum atomic E-state index is -4.05. The highest BCUT2D eigenvalue weighted by atomic mass is 35.5. The highest BCUT2D eigenvalue weighted by Crippen LogP contribution is 2.27. The number of nitrogens with zero attached hydrogens (tertiary/aromatic N) is 2. The summed E-state index contributed by atoms with van der Waals surface area (Å²) in [5, 5.41) is 5.59. The zero-order chi connectivity index (χ0) is 25.0. The van der Waals surface area contributed by atoms with Crippen LogP contribution < -0.4 is 9.62 Å². The Morgan fingerprint density at radius 3 is 2.54 bits per heavy atom. The third-order valence-electron chi connectivity index (χ3n) is 4.93. The van der Waals surface area contributed by atoms with Crippen LogP contribution in [-0.4, -0.2) is 26.4 Å². The lowest BCUT2D eigenvalue weighted by atomic mass is 10.2. The van der Waals surface area contributed by atoms with Crippen LogP contribution >= 0.6 is 22.9 Å². The molecule has 1 N–H and O–H groups in total. The SMILES string of the molecule is CN(c1ccc(F)cc1)S(=O)(=O)c1ccc(Cl)c(C(=O)OCc2csc(Nc3ccccc3)n2)c1. The predicted molar refractivity (Wildman–Crippen MR) is 134 cm³/mol. The molecular weight excluding hydrogens is 513 g/mol. The first kappa shape index (κ1) is 24.6. The Labute approximate surface area is 210 Å². The second-order valence-corrected chi connectivity index (χ2v) is 10.5. The van der Waals surface area contributed by atoms with Crippen LogP contribution in [0.15, 0.2) is 83.1 Å². The number of aromatic nitrogens is 1. The normalized spacial score (nSPS) is 11.2. The minimum absolute atomic E-state index is 0.0445. The maximum Gasteiger partial charge on any atom is 0.340 e. The molecule has 35 heavy (non-hydrogen) atoms. The van der Waals surface area contributed by atoms with E-state index in [0.29, 0.717) is 10.8 Å². The molecule has 0 aliphatic carbocycles. The Kier molecular flexibility index (Phi) is 7.34. The maximum atomic E-state index is 13.2. The van der Waals surface area contributed by atoms with Gasteiger partial charge in [-0.25, -0.2) is 22.6 Å². The molecule has 0 saturated carbocycles. The summed E-state index contributed by atoms with van der Waals surface area (Å²) in [5.74, 6) is -1.28. The highest BCUT2D eigenvalue weighted by molar-refractivity contribution is 7.92. The van der Waals surface area contributed by atoms with Crippen molar-refractivity contribution in [3.63, 3.8) is 0 Å². The van der Waals surface area contributed by atoms with E-state index in [1.807, 2.05) is 30.3 Å². The lowest BCUT2D eigenvalue weighted by molar-refractivity contribution is 0.0468. The van der Waals surface area contributed by atoms with Gasteiger partial charge in [0.25, 0.3) is 10.0 Å². The molecule has 0 aliphatic rings. The molecule has 4 aromatic rings. The second kappa shape index (κ2) is 10.4. The molecule has 11 heteroatoms. The summed E-state index contributed by atoms with van der Waals surface area (Å²) in [6.45, 7) is -0.116. The van der Waals surface area contributed by atoms with E-state index in [0.717, 1.165) is 28.2 Å². The minimum Gasteiger partial charge on any atom is -0.456 e. The Morgan fingerprint density at radius 1 is 1.11 bits per heavy atom. The van der Waals surface area contributed by atoms with Crippen molar-refractivity contribution < 1.29 is 22.3 Å². The van der Waals surface area contributed by atoms with Crippen LogP contribution in [0.1, 0.15) is 16.1 Å². The van der Waals surface area contributed by atoms with Gasteiger partial charge >= 0.3 is 5.97 Å². The lowest BCUT2D eigenvalue weighted by Gasteiger charge is -2.20. The van der Waals surface area contributed by atoms with Gasteiger partial charge in [-0.15, -0.1) is 11.3 Å². The lowest BCUT2D eigenvalue weighted by Crippen LogP contribution is -2.26. The number of carbonyl (C=O) groups excluding carboxylic acids is 1. The van der Waals surface area contributed by atoms with Crippen molar-refractivity contribution in [2.75, 3.05) is 16.7 Å². The average molecular weight is 532 g/mol. The van der Waals surface area contributed by atoms with Gasteiger partial charge in [0.2, 0.25) is 0 Å². The molecule has 3 aromatic carbocycles. The number of thiazole rings is 1. The van der Waals surface area contributed by atoms with Gasteiger partial charge in [-0.05, 0) is 54.6 Å². The number of ether oxygens (including phenoxy) is 1. The summed E-state index contributed by atoms with van der Waals surface area (Å²) in [7, 11) is -2.71. The molecule has 7 nitrogen and oxygen atoms in total. The van der Waals surface area contributed by atoms with Crippen LogP contribution in [-0.2, 0) is 21.4 Å².